The summed E-state index contributed by atoms with van der Waals surface area (Å²) in [6.07, 6.45) is 2.07. The molecule has 0 radical (unpaired) electrons. The number of halogens is 3. The van der Waals surface area contributed by atoms with E-state index in [1.165, 1.54) is 6.07 Å². The molecule has 19 heavy (non-hydrogen) atoms. The van der Waals surface area contributed by atoms with Crippen molar-refractivity contribution >= 4 is 28.0 Å². The van der Waals surface area contributed by atoms with E-state index in [-0.39, 0.29) is 11.7 Å². The maximum Gasteiger partial charge on any atom is 0.387 e. The van der Waals surface area contributed by atoms with Crippen LogP contribution in [-0.2, 0) is 16.0 Å². The molecule has 0 bridgehead atoms. The van der Waals surface area contributed by atoms with Crippen LogP contribution in [0.15, 0.2) is 22.2 Å². The third-order valence-electron chi connectivity index (χ3n) is 2.66. The summed E-state index contributed by atoms with van der Waals surface area (Å²) in [7, 11) is 0. The lowest BCUT2D eigenvalue weighted by molar-refractivity contribution is -0.138. The van der Waals surface area contributed by atoms with Crippen LogP contribution >= 0.6 is 15.9 Å². The Balaban J connectivity index is 2.26. The predicted octanol–water partition coefficient (Wildman–Crippen LogP) is 3.55. The van der Waals surface area contributed by atoms with Crippen LogP contribution in [0.5, 0.6) is 5.75 Å². The minimum absolute atomic E-state index is 0.0510. The highest BCUT2D eigenvalue weighted by Gasteiger charge is 2.22. The second-order valence-electron chi connectivity index (χ2n) is 3.93. The number of hydrogen-bond donors (Lipinski definition) is 0. The van der Waals surface area contributed by atoms with Gasteiger partial charge in [0, 0.05) is 12.0 Å². The Morgan fingerprint density at radius 3 is 2.84 bits per heavy atom. The molecule has 0 aromatic heterocycles. The lowest BCUT2D eigenvalue weighted by Gasteiger charge is -2.09. The van der Waals surface area contributed by atoms with Crippen LogP contribution < -0.4 is 4.74 Å². The van der Waals surface area contributed by atoms with Crippen LogP contribution in [-0.4, -0.2) is 19.2 Å². The smallest absolute Gasteiger partial charge is 0.387 e. The molecular weight excluding hydrogens is 322 g/mol. The molecule has 0 amide bonds. The summed E-state index contributed by atoms with van der Waals surface area (Å²) in [4.78, 5) is 11.6. The summed E-state index contributed by atoms with van der Waals surface area (Å²) in [5.74, 6) is -0.332. The monoisotopic (exact) mass is 332 g/mol. The Kier molecular flexibility index (Phi) is 4.19. The highest BCUT2D eigenvalue weighted by Crippen LogP contribution is 2.35. The van der Waals surface area contributed by atoms with Gasteiger partial charge in [0.05, 0.1) is 11.1 Å². The fourth-order valence-corrected chi connectivity index (χ4v) is 2.37. The van der Waals surface area contributed by atoms with Crippen molar-refractivity contribution in [3.05, 3.63) is 33.3 Å². The van der Waals surface area contributed by atoms with Crippen molar-refractivity contribution in [3.63, 3.8) is 0 Å². The van der Waals surface area contributed by atoms with Crippen molar-refractivity contribution in [3.8, 4) is 5.75 Å². The molecule has 1 aromatic carbocycles. The Morgan fingerprint density at radius 2 is 2.21 bits per heavy atom. The molecule has 0 spiro atoms. The van der Waals surface area contributed by atoms with Gasteiger partial charge >= 0.3 is 12.6 Å². The molecule has 0 saturated carbocycles. The fourth-order valence-electron chi connectivity index (χ4n) is 1.88. The van der Waals surface area contributed by atoms with Gasteiger partial charge in [0.25, 0.3) is 0 Å². The normalized spacial score (nSPS) is 13.2. The molecular formula is C13H11BrF2O3. The third kappa shape index (κ3) is 3.12. The van der Waals surface area contributed by atoms with E-state index in [1.54, 1.807) is 19.1 Å². The summed E-state index contributed by atoms with van der Waals surface area (Å²) in [5.41, 5.74) is 2.08. The molecule has 0 atom stereocenters. The molecule has 0 saturated heterocycles. The largest absolute Gasteiger partial charge is 0.463 e. The third-order valence-corrected chi connectivity index (χ3v) is 3.28. The number of benzene rings is 1. The first kappa shape index (κ1) is 14.0. The topological polar surface area (TPSA) is 35.5 Å². The molecule has 6 heteroatoms. The number of alkyl halides is 2. The van der Waals surface area contributed by atoms with Crippen molar-refractivity contribution < 1.29 is 23.0 Å². The van der Waals surface area contributed by atoms with Crippen LogP contribution in [0.25, 0.3) is 6.08 Å². The quantitative estimate of drug-likeness (QED) is 0.791. The number of rotatable bonds is 4. The summed E-state index contributed by atoms with van der Waals surface area (Å²) in [5, 5.41) is 0. The van der Waals surface area contributed by atoms with Crippen molar-refractivity contribution in [1.29, 1.82) is 0 Å². The number of ether oxygens (including phenoxy) is 2. The molecule has 2 rings (SSSR count). The van der Waals surface area contributed by atoms with Crippen LogP contribution in [0.3, 0.4) is 0 Å². The summed E-state index contributed by atoms with van der Waals surface area (Å²) >= 11 is 3.17. The van der Waals surface area contributed by atoms with Gasteiger partial charge in [-0.25, -0.2) is 4.79 Å². The van der Waals surface area contributed by atoms with Gasteiger partial charge < -0.3 is 9.47 Å². The van der Waals surface area contributed by atoms with Crippen LogP contribution in [0.4, 0.5) is 8.78 Å². The van der Waals surface area contributed by atoms with E-state index in [0.29, 0.717) is 28.6 Å². The first-order valence-electron chi connectivity index (χ1n) is 5.66. The summed E-state index contributed by atoms with van der Waals surface area (Å²) in [6.45, 7) is -0.855. The van der Waals surface area contributed by atoms with Crippen LogP contribution in [0.2, 0.25) is 0 Å². The maximum absolute atomic E-state index is 12.2. The van der Waals surface area contributed by atoms with Gasteiger partial charge in [0.2, 0.25) is 0 Å². The molecule has 3 nitrogen and oxygen atoms in total. The average Bonchev–Trinajstić information content (AvgIpc) is 2.72. The highest BCUT2D eigenvalue weighted by atomic mass is 79.9. The van der Waals surface area contributed by atoms with Gasteiger partial charge in [-0.3, -0.25) is 0 Å². The Labute approximate surface area is 117 Å². The van der Waals surface area contributed by atoms with E-state index in [0.717, 1.165) is 5.56 Å². The Bertz CT molecular complexity index is 541. The average molecular weight is 333 g/mol. The molecule has 0 unspecified atom stereocenters. The molecule has 0 N–H and O–H groups in total. The zero-order valence-electron chi connectivity index (χ0n) is 10.1. The second-order valence-corrected chi connectivity index (χ2v) is 4.78. The van der Waals surface area contributed by atoms with Gasteiger partial charge in [-0.2, -0.15) is 8.78 Å². The van der Waals surface area contributed by atoms with E-state index in [4.69, 9.17) is 4.74 Å². The van der Waals surface area contributed by atoms with Crippen molar-refractivity contribution in [2.75, 3.05) is 6.61 Å². The van der Waals surface area contributed by atoms with Gasteiger partial charge in [0.15, 0.2) is 0 Å². The Morgan fingerprint density at radius 1 is 1.47 bits per heavy atom. The first-order valence-corrected chi connectivity index (χ1v) is 6.45. The molecule has 1 aromatic rings. The lowest BCUT2D eigenvalue weighted by Crippen LogP contribution is -2.07. The van der Waals surface area contributed by atoms with E-state index >= 15 is 0 Å². The number of carbonyl (C=O) groups is 1. The molecule has 0 fully saturated rings. The van der Waals surface area contributed by atoms with Crippen LogP contribution in [0.1, 0.15) is 18.1 Å². The number of fused-ring (bicyclic) bond motifs is 1. The summed E-state index contributed by atoms with van der Waals surface area (Å²) < 4.78 is 34.2. The van der Waals surface area contributed by atoms with Gasteiger partial charge in [-0.05, 0) is 52.2 Å². The number of carbonyl (C=O) groups excluding carboxylic acids is 1. The van der Waals surface area contributed by atoms with E-state index < -0.39 is 6.61 Å². The lowest BCUT2D eigenvalue weighted by atomic mass is 10.1. The first-order chi connectivity index (χ1) is 9.01. The minimum atomic E-state index is -2.88. The van der Waals surface area contributed by atoms with Crippen molar-refractivity contribution in [2.24, 2.45) is 0 Å². The number of hydrogen-bond acceptors (Lipinski definition) is 3. The molecule has 0 heterocycles. The van der Waals surface area contributed by atoms with E-state index in [9.17, 15) is 13.6 Å². The van der Waals surface area contributed by atoms with Crippen LogP contribution in [0, 0.1) is 0 Å². The van der Waals surface area contributed by atoms with Gasteiger partial charge in [-0.15, -0.1) is 0 Å². The van der Waals surface area contributed by atoms with Gasteiger partial charge in [0.1, 0.15) is 5.75 Å². The predicted molar refractivity (Wildman–Crippen MR) is 69.1 cm³/mol. The Hall–Kier alpha value is -1.43. The van der Waals surface area contributed by atoms with Crippen molar-refractivity contribution in [1.82, 2.24) is 0 Å². The second kappa shape index (κ2) is 5.69. The van der Waals surface area contributed by atoms with E-state index in [2.05, 4.69) is 20.7 Å². The molecule has 102 valence electrons. The van der Waals surface area contributed by atoms with E-state index in [1.807, 2.05) is 0 Å². The summed E-state index contributed by atoms with van der Waals surface area (Å²) in [6, 6.07) is 3.16. The molecule has 1 aliphatic carbocycles. The highest BCUT2D eigenvalue weighted by molar-refractivity contribution is 9.10. The number of esters is 1. The SMILES string of the molecule is CCOC(=O)C1=Cc2cc(OC(F)F)c(Br)cc2C1. The van der Waals surface area contributed by atoms with Gasteiger partial charge in [-0.1, -0.05) is 0 Å². The molecule has 0 aliphatic heterocycles. The standard InChI is InChI=1S/C13H11BrF2O3/c1-2-18-12(17)9-3-7-5-10(14)11(19-13(15)16)6-8(7)4-9/h4-6,13H,2-3H2,1H3. The van der Waals surface area contributed by atoms with Crippen molar-refractivity contribution in [2.45, 2.75) is 20.0 Å². The zero-order chi connectivity index (χ0) is 14.0. The zero-order valence-corrected chi connectivity index (χ0v) is 11.7. The minimum Gasteiger partial charge on any atom is -0.463 e. The maximum atomic E-state index is 12.2. The molecule has 1 aliphatic rings. The fraction of sp³-hybridized carbons (Fsp3) is 0.308.